The lowest BCUT2D eigenvalue weighted by molar-refractivity contribution is 0.0381. The molecule has 7 heteroatoms. The third-order valence-electron chi connectivity index (χ3n) is 3.37. The maximum Gasteiger partial charge on any atom is 0.279 e. The molecule has 0 aromatic heterocycles. The highest BCUT2D eigenvalue weighted by Gasteiger charge is 2.29. The minimum atomic E-state index is -3.47. The standard InChI is InChI=1S/C12H27N3O3S/c1-11-5-7-15(8-6-11)19(17,18)13-9-12(2,16)10-14(3)4/h11,13,16H,5-10H2,1-4H3. The Hall–Kier alpha value is -0.210. The summed E-state index contributed by atoms with van der Waals surface area (Å²) in [6.45, 7) is 5.33. The van der Waals surface area contributed by atoms with Gasteiger partial charge in [0.05, 0.1) is 5.60 Å². The Bertz CT molecular complexity index is 374. The van der Waals surface area contributed by atoms with Crippen molar-refractivity contribution in [3.63, 3.8) is 0 Å². The molecule has 1 heterocycles. The van der Waals surface area contributed by atoms with Gasteiger partial charge in [-0.3, -0.25) is 0 Å². The maximum atomic E-state index is 12.1. The van der Waals surface area contributed by atoms with Crippen LogP contribution in [-0.2, 0) is 10.2 Å². The molecule has 1 atom stereocenters. The minimum Gasteiger partial charge on any atom is -0.387 e. The topological polar surface area (TPSA) is 72.9 Å². The summed E-state index contributed by atoms with van der Waals surface area (Å²) in [5, 5.41) is 10.1. The van der Waals surface area contributed by atoms with Gasteiger partial charge < -0.3 is 10.0 Å². The Balaban J connectivity index is 2.51. The number of piperidine rings is 1. The second-order valence-electron chi connectivity index (χ2n) is 6.14. The average molecular weight is 293 g/mol. The fourth-order valence-corrected chi connectivity index (χ4v) is 3.67. The van der Waals surface area contributed by atoms with Crippen molar-refractivity contribution in [2.24, 2.45) is 5.92 Å². The van der Waals surface area contributed by atoms with Crippen molar-refractivity contribution >= 4 is 10.2 Å². The molecule has 6 nitrogen and oxygen atoms in total. The van der Waals surface area contributed by atoms with Gasteiger partial charge in [0.25, 0.3) is 10.2 Å². The summed E-state index contributed by atoms with van der Waals surface area (Å²) in [6.07, 6.45) is 1.80. The predicted molar refractivity (Wildman–Crippen MR) is 76.1 cm³/mol. The molecule has 0 bridgehead atoms. The number of hydrogen-bond donors (Lipinski definition) is 2. The molecular formula is C12H27N3O3S. The summed E-state index contributed by atoms with van der Waals surface area (Å²) >= 11 is 0. The molecule has 114 valence electrons. The first kappa shape index (κ1) is 16.8. The zero-order valence-electron chi connectivity index (χ0n) is 12.4. The van der Waals surface area contributed by atoms with Crippen LogP contribution in [0, 0.1) is 5.92 Å². The first-order valence-electron chi connectivity index (χ1n) is 6.74. The van der Waals surface area contributed by atoms with Gasteiger partial charge in [0.2, 0.25) is 0 Å². The summed E-state index contributed by atoms with van der Waals surface area (Å²) in [6, 6.07) is 0. The lowest BCUT2D eigenvalue weighted by Crippen LogP contribution is -2.51. The second kappa shape index (κ2) is 6.49. The number of likely N-dealkylation sites (N-methyl/N-ethyl adjacent to an activating group) is 1. The monoisotopic (exact) mass is 293 g/mol. The minimum absolute atomic E-state index is 0.0273. The predicted octanol–water partition coefficient (Wildman–Crippen LogP) is -0.135. The van der Waals surface area contributed by atoms with Crippen molar-refractivity contribution in [2.75, 3.05) is 40.3 Å². The molecule has 1 aliphatic heterocycles. The maximum absolute atomic E-state index is 12.1. The van der Waals surface area contributed by atoms with Crippen molar-refractivity contribution < 1.29 is 13.5 Å². The molecule has 0 saturated carbocycles. The van der Waals surface area contributed by atoms with Gasteiger partial charge >= 0.3 is 0 Å². The van der Waals surface area contributed by atoms with Crippen LogP contribution in [0.2, 0.25) is 0 Å². The smallest absolute Gasteiger partial charge is 0.279 e. The van der Waals surface area contributed by atoms with E-state index >= 15 is 0 Å². The molecule has 1 fully saturated rings. The van der Waals surface area contributed by atoms with Crippen LogP contribution in [0.3, 0.4) is 0 Å². The second-order valence-corrected chi connectivity index (χ2v) is 7.90. The third kappa shape index (κ3) is 5.74. The Morgan fingerprint density at radius 1 is 1.37 bits per heavy atom. The van der Waals surface area contributed by atoms with E-state index in [0.29, 0.717) is 25.6 Å². The molecular weight excluding hydrogens is 266 g/mol. The van der Waals surface area contributed by atoms with E-state index < -0.39 is 15.8 Å². The van der Waals surface area contributed by atoms with Gasteiger partial charge in [-0.2, -0.15) is 17.4 Å². The van der Waals surface area contributed by atoms with E-state index in [-0.39, 0.29) is 6.54 Å². The van der Waals surface area contributed by atoms with Gasteiger partial charge in [0.15, 0.2) is 0 Å². The van der Waals surface area contributed by atoms with E-state index in [1.54, 1.807) is 6.92 Å². The van der Waals surface area contributed by atoms with Crippen molar-refractivity contribution in [3.8, 4) is 0 Å². The van der Waals surface area contributed by atoms with Crippen LogP contribution in [0.4, 0.5) is 0 Å². The lowest BCUT2D eigenvalue weighted by Gasteiger charge is -2.32. The van der Waals surface area contributed by atoms with Crippen LogP contribution < -0.4 is 4.72 Å². The van der Waals surface area contributed by atoms with E-state index in [0.717, 1.165) is 12.8 Å². The highest BCUT2D eigenvalue weighted by molar-refractivity contribution is 7.87. The van der Waals surface area contributed by atoms with E-state index in [4.69, 9.17) is 0 Å². The fraction of sp³-hybridized carbons (Fsp3) is 1.00. The number of hydrogen-bond acceptors (Lipinski definition) is 4. The van der Waals surface area contributed by atoms with Crippen LogP contribution in [0.1, 0.15) is 26.7 Å². The quantitative estimate of drug-likeness (QED) is 0.715. The van der Waals surface area contributed by atoms with Crippen LogP contribution >= 0.6 is 0 Å². The molecule has 0 aromatic rings. The molecule has 19 heavy (non-hydrogen) atoms. The van der Waals surface area contributed by atoms with Crippen LogP contribution in [-0.4, -0.2) is 68.6 Å². The van der Waals surface area contributed by atoms with E-state index in [2.05, 4.69) is 11.6 Å². The molecule has 2 N–H and O–H groups in total. The Morgan fingerprint density at radius 3 is 2.37 bits per heavy atom. The zero-order valence-corrected chi connectivity index (χ0v) is 13.2. The van der Waals surface area contributed by atoms with Crippen molar-refractivity contribution in [1.82, 2.24) is 13.9 Å². The Kier molecular flexibility index (Phi) is 5.76. The summed E-state index contributed by atoms with van der Waals surface area (Å²) in [4.78, 5) is 1.83. The molecule has 1 unspecified atom stereocenters. The normalized spacial score (nSPS) is 22.6. The Labute approximate surface area is 117 Å². The van der Waals surface area contributed by atoms with Crippen LogP contribution in [0.5, 0.6) is 0 Å². The fourth-order valence-electron chi connectivity index (χ4n) is 2.30. The van der Waals surface area contributed by atoms with E-state index in [9.17, 15) is 13.5 Å². The van der Waals surface area contributed by atoms with E-state index in [1.165, 1.54) is 4.31 Å². The third-order valence-corrected chi connectivity index (χ3v) is 4.93. The van der Waals surface area contributed by atoms with Gasteiger partial charge in [-0.05, 0) is 39.8 Å². The van der Waals surface area contributed by atoms with Gasteiger partial charge in [0, 0.05) is 26.2 Å². The highest BCUT2D eigenvalue weighted by Crippen LogP contribution is 2.18. The molecule has 0 amide bonds. The number of nitrogens with one attached hydrogen (secondary N) is 1. The highest BCUT2D eigenvalue weighted by atomic mass is 32.2. The molecule has 1 aliphatic rings. The molecule has 0 aromatic carbocycles. The average Bonchev–Trinajstić information content (AvgIpc) is 2.26. The van der Waals surface area contributed by atoms with Gasteiger partial charge in [0.1, 0.15) is 0 Å². The first-order chi connectivity index (χ1) is 8.62. The SMILES string of the molecule is CC1CCN(S(=O)(=O)NCC(C)(O)CN(C)C)CC1. The van der Waals surface area contributed by atoms with Crippen molar-refractivity contribution in [1.29, 1.82) is 0 Å². The molecule has 0 aliphatic carbocycles. The number of aliphatic hydroxyl groups is 1. The molecule has 1 saturated heterocycles. The van der Waals surface area contributed by atoms with Crippen LogP contribution in [0.25, 0.3) is 0 Å². The summed E-state index contributed by atoms with van der Waals surface area (Å²) in [7, 11) is 0.214. The van der Waals surface area contributed by atoms with Gasteiger partial charge in [-0.25, -0.2) is 0 Å². The van der Waals surface area contributed by atoms with Crippen LogP contribution in [0.15, 0.2) is 0 Å². The molecule has 1 rings (SSSR count). The van der Waals surface area contributed by atoms with Gasteiger partial charge in [-0.15, -0.1) is 0 Å². The first-order valence-corrected chi connectivity index (χ1v) is 8.18. The number of rotatable bonds is 6. The van der Waals surface area contributed by atoms with Crippen molar-refractivity contribution in [2.45, 2.75) is 32.3 Å². The zero-order chi connectivity index (χ0) is 14.7. The largest absolute Gasteiger partial charge is 0.387 e. The van der Waals surface area contributed by atoms with Gasteiger partial charge in [-0.1, -0.05) is 6.92 Å². The summed E-state index contributed by atoms with van der Waals surface area (Å²) in [5.41, 5.74) is -1.07. The molecule has 0 radical (unpaired) electrons. The van der Waals surface area contributed by atoms with E-state index in [1.807, 2.05) is 19.0 Å². The lowest BCUT2D eigenvalue weighted by atomic mass is 10.0. The summed E-state index contributed by atoms with van der Waals surface area (Å²) < 4.78 is 28.2. The Morgan fingerprint density at radius 2 is 1.89 bits per heavy atom. The summed E-state index contributed by atoms with van der Waals surface area (Å²) in [5.74, 6) is 0.586. The number of nitrogens with zero attached hydrogens (tertiary/aromatic N) is 2. The van der Waals surface area contributed by atoms with Crippen molar-refractivity contribution in [3.05, 3.63) is 0 Å². The molecule has 0 spiro atoms.